The number of rotatable bonds is 3. The summed E-state index contributed by atoms with van der Waals surface area (Å²) in [4.78, 5) is 2.40. The van der Waals surface area contributed by atoms with Gasteiger partial charge < -0.3 is 4.90 Å². The van der Waals surface area contributed by atoms with Crippen LogP contribution in [0.15, 0.2) is 0 Å². The third kappa shape index (κ3) is 2.98. The molecule has 0 N–H and O–H groups in total. The molecule has 0 radical (unpaired) electrons. The molecular weight excluding hydrogens is 158 g/mol. The second-order valence-corrected chi connectivity index (χ2v) is 4.92. The lowest BCUT2D eigenvalue weighted by molar-refractivity contribution is 0.162. The molecule has 1 rings (SSSR count). The second kappa shape index (κ2) is 4.99. The van der Waals surface area contributed by atoms with Crippen LogP contribution in [0.3, 0.4) is 0 Å². The molecule has 1 aliphatic rings. The van der Waals surface area contributed by atoms with Gasteiger partial charge in [-0.05, 0) is 51.6 Å². The molecule has 0 saturated heterocycles. The van der Waals surface area contributed by atoms with E-state index in [-0.39, 0.29) is 0 Å². The van der Waals surface area contributed by atoms with Crippen molar-refractivity contribution in [2.75, 3.05) is 14.1 Å². The van der Waals surface area contributed by atoms with E-state index in [1.807, 2.05) is 0 Å². The molecule has 78 valence electrons. The van der Waals surface area contributed by atoms with Crippen molar-refractivity contribution >= 4 is 0 Å². The smallest absolute Gasteiger partial charge is 0.00893 e. The van der Waals surface area contributed by atoms with Gasteiger partial charge in [0.05, 0.1) is 0 Å². The van der Waals surface area contributed by atoms with Crippen LogP contribution in [0.1, 0.15) is 46.0 Å². The monoisotopic (exact) mass is 183 g/mol. The van der Waals surface area contributed by atoms with Crippen molar-refractivity contribution in [3.05, 3.63) is 0 Å². The van der Waals surface area contributed by atoms with Crippen molar-refractivity contribution in [2.24, 2.45) is 11.8 Å². The van der Waals surface area contributed by atoms with E-state index in [0.717, 1.165) is 17.9 Å². The van der Waals surface area contributed by atoms with Gasteiger partial charge in [0.2, 0.25) is 0 Å². The predicted octanol–water partition coefficient (Wildman–Crippen LogP) is 3.15. The minimum atomic E-state index is 0.861. The summed E-state index contributed by atoms with van der Waals surface area (Å²) in [5, 5.41) is 0. The summed E-state index contributed by atoms with van der Waals surface area (Å²) in [6.07, 6.45) is 7.11. The van der Waals surface area contributed by atoms with Crippen LogP contribution in [0.25, 0.3) is 0 Å². The molecule has 0 amide bonds. The van der Waals surface area contributed by atoms with E-state index >= 15 is 0 Å². The van der Waals surface area contributed by atoms with Crippen molar-refractivity contribution in [1.29, 1.82) is 0 Å². The normalized spacial score (nSPS) is 32.1. The maximum atomic E-state index is 2.42. The van der Waals surface area contributed by atoms with E-state index in [1.165, 1.54) is 32.1 Å². The summed E-state index contributed by atoms with van der Waals surface area (Å²) in [7, 11) is 4.43. The van der Waals surface area contributed by atoms with Crippen LogP contribution >= 0.6 is 0 Å². The zero-order chi connectivity index (χ0) is 9.84. The van der Waals surface area contributed by atoms with Gasteiger partial charge in [-0.2, -0.15) is 0 Å². The summed E-state index contributed by atoms with van der Waals surface area (Å²) in [6, 6.07) is 0.861. The molecule has 13 heavy (non-hydrogen) atoms. The summed E-state index contributed by atoms with van der Waals surface area (Å²) in [5.41, 5.74) is 0. The minimum absolute atomic E-state index is 0.861. The lowest BCUT2D eigenvalue weighted by Crippen LogP contribution is -2.33. The third-order valence-electron chi connectivity index (χ3n) is 3.92. The van der Waals surface area contributed by atoms with Gasteiger partial charge in [0.15, 0.2) is 0 Å². The van der Waals surface area contributed by atoms with Gasteiger partial charge in [-0.25, -0.2) is 0 Å². The molecule has 1 nitrogen and oxygen atoms in total. The summed E-state index contributed by atoms with van der Waals surface area (Å²) < 4.78 is 0. The Kier molecular flexibility index (Phi) is 4.24. The highest BCUT2D eigenvalue weighted by Crippen LogP contribution is 2.32. The Balaban J connectivity index is 2.30. The number of hydrogen-bond acceptors (Lipinski definition) is 1. The summed E-state index contributed by atoms with van der Waals surface area (Å²) >= 11 is 0. The average molecular weight is 183 g/mol. The van der Waals surface area contributed by atoms with Crippen LogP contribution in [0.4, 0.5) is 0 Å². The standard InChI is InChI=1S/C12H25N/c1-5-10(2)11-6-8-12(9-7-11)13(3)4/h10-12H,5-9H2,1-4H3. The Hall–Kier alpha value is -0.0400. The largest absolute Gasteiger partial charge is 0.306 e. The Labute approximate surface area is 83.5 Å². The fourth-order valence-corrected chi connectivity index (χ4v) is 2.52. The highest BCUT2D eigenvalue weighted by Gasteiger charge is 2.24. The second-order valence-electron chi connectivity index (χ2n) is 4.92. The fourth-order valence-electron chi connectivity index (χ4n) is 2.52. The molecule has 0 aromatic heterocycles. The molecule has 0 bridgehead atoms. The van der Waals surface area contributed by atoms with Gasteiger partial charge in [-0.1, -0.05) is 20.3 Å². The molecule has 0 aromatic rings. The molecular formula is C12H25N. The Bertz CT molecular complexity index is 134. The Morgan fingerprint density at radius 3 is 2.08 bits per heavy atom. The fraction of sp³-hybridized carbons (Fsp3) is 1.00. The van der Waals surface area contributed by atoms with Gasteiger partial charge in [0.1, 0.15) is 0 Å². The molecule has 0 aromatic carbocycles. The summed E-state index contributed by atoms with van der Waals surface area (Å²) in [5.74, 6) is 1.96. The lowest BCUT2D eigenvalue weighted by Gasteiger charge is -2.35. The zero-order valence-corrected chi connectivity index (χ0v) is 9.71. The van der Waals surface area contributed by atoms with Crippen LogP contribution in [-0.2, 0) is 0 Å². The summed E-state index contributed by atoms with van der Waals surface area (Å²) in [6.45, 7) is 4.74. The van der Waals surface area contributed by atoms with Crippen molar-refractivity contribution in [3.63, 3.8) is 0 Å². The molecule has 1 heteroatoms. The quantitative estimate of drug-likeness (QED) is 0.649. The lowest BCUT2D eigenvalue weighted by atomic mass is 9.78. The Morgan fingerprint density at radius 1 is 1.15 bits per heavy atom. The molecule has 0 spiro atoms. The van der Waals surface area contributed by atoms with Crippen LogP contribution in [0.2, 0.25) is 0 Å². The van der Waals surface area contributed by atoms with Crippen molar-refractivity contribution < 1.29 is 0 Å². The van der Waals surface area contributed by atoms with Gasteiger partial charge >= 0.3 is 0 Å². The van der Waals surface area contributed by atoms with Crippen molar-refractivity contribution in [2.45, 2.75) is 52.0 Å². The Morgan fingerprint density at radius 2 is 1.69 bits per heavy atom. The number of nitrogens with zero attached hydrogens (tertiary/aromatic N) is 1. The molecule has 1 atom stereocenters. The van der Waals surface area contributed by atoms with E-state index in [1.54, 1.807) is 0 Å². The van der Waals surface area contributed by atoms with Crippen LogP contribution in [0, 0.1) is 11.8 Å². The van der Waals surface area contributed by atoms with Gasteiger partial charge in [0, 0.05) is 6.04 Å². The first-order chi connectivity index (χ1) is 6.15. The molecule has 0 aliphatic heterocycles. The topological polar surface area (TPSA) is 3.24 Å². The minimum Gasteiger partial charge on any atom is -0.306 e. The predicted molar refractivity (Wildman–Crippen MR) is 58.9 cm³/mol. The van der Waals surface area contributed by atoms with E-state index in [0.29, 0.717) is 0 Å². The molecule has 1 fully saturated rings. The van der Waals surface area contributed by atoms with Crippen molar-refractivity contribution in [3.8, 4) is 0 Å². The molecule has 1 aliphatic carbocycles. The average Bonchev–Trinajstić information content (AvgIpc) is 2.17. The van der Waals surface area contributed by atoms with E-state index in [2.05, 4.69) is 32.8 Å². The molecule has 1 saturated carbocycles. The van der Waals surface area contributed by atoms with Gasteiger partial charge in [0.25, 0.3) is 0 Å². The number of hydrogen-bond donors (Lipinski definition) is 0. The maximum Gasteiger partial charge on any atom is 0.00893 e. The molecule has 1 unspecified atom stereocenters. The van der Waals surface area contributed by atoms with E-state index in [4.69, 9.17) is 0 Å². The van der Waals surface area contributed by atoms with E-state index in [9.17, 15) is 0 Å². The zero-order valence-electron chi connectivity index (χ0n) is 9.71. The SMILES string of the molecule is CCC(C)C1CCC(N(C)C)CC1. The first kappa shape index (κ1) is 11.0. The van der Waals surface area contributed by atoms with Crippen LogP contribution < -0.4 is 0 Å². The third-order valence-corrected chi connectivity index (χ3v) is 3.92. The first-order valence-electron chi connectivity index (χ1n) is 5.81. The van der Waals surface area contributed by atoms with Gasteiger partial charge in [-0.15, -0.1) is 0 Å². The molecule has 0 heterocycles. The van der Waals surface area contributed by atoms with Crippen molar-refractivity contribution in [1.82, 2.24) is 4.90 Å². The van der Waals surface area contributed by atoms with Crippen LogP contribution in [-0.4, -0.2) is 25.0 Å². The van der Waals surface area contributed by atoms with E-state index < -0.39 is 0 Å². The highest BCUT2D eigenvalue weighted by atomic mass is 15.1. The van der Waals surface area contributed by atoms with Gasteiger partial charge in [-0.3, -0.25) is 0 Å². The first-order valence-corrected chi connectivity index (χ1v) is 5.81. The maximum absolute atomic E-state index is 2.42. The highest BCUT2D eigenvalue weighted by molar-refractivity contribution is 4.78. The van der Waals surface area contributed by atoms with Crippen LogP contribution in [0.5, 0.6) is 0 Å².